The summed E-state index contributed by atoms with van der Waals surface area (Å²) in [5.41, 5.74) is 5.69. The van der Waals surface area contributed by atoms with Crippen molar-refractivity contribution in [2.75, 3.05) is 19.6 Å². The number of carbonyl (C=O) groups excluding carboxylic acids is 3. The van der Waals surface area contributed by atoms with Crippen LogP contribution in [-0.2, 0) is 58.3 Å². The normalized spacial score (nSPS) is 11.6. The molecular formula is C41H45N7O4. The van der Waals surface area contributed by atoms with Gasteiger partial charge in [0, 0.05) is 71.2 Å². The highest BCUT2D eigenvalue weighted by Crippen LogP contribution is 2.13. The molecule has 52 heavy (non-hydrogen) atoms. The van der Waals surface area contributed by atoms with E-state index < -0.39 is 17.9 Å². The summed E-state index contributed by atoms with van der Waals surface area (Å²) in [5.74, 6) is -1.41. The number of nitrogens with one attached hydrogen (secondary N) is 2. The number of pyridine rings is 3. The second kappa shape index (κ2) is 20.2. The van der Waals surface area contributed by atoms with Crippen LogP contribution >= 0.6 is 0 Å². The summed E-state index contributed by atoms with van der Waals surface area (Å²) in [6.07, 6.45) is 5.57. The molecule has 5 aromatic rings. The first kappa shape index (κ1) is 37.5. The Kier molecular flexibility index (Phi) is 14.5. The molecule has 0 aliphatic carbocycles. The van der Waals surface area contributed by atoms with Crippen molar-refractivity contribution in [3.8, 4) is 0 Å². The van der Waals surface area contributed by atoms with Crippen molar-refractivity contribution in [3.63, 3.8) is 0 Å². The molecule has 0 aliphatic rings. The molecule has 268 valence electrons. The Morgan fingerprint density at radius 3 is 1.73 bits per heavy atom. The molecule has 0 saturated heterocycles. The van der Waals surface area contributed by atoms with Gasteiger partial charge < -0.3 is 15.4 Å². The minimum Gasteiger partial charge on any atom is -0.460 e. The van der Waals surface area contributed by atoms with Crippen molar-refractivity contribution < 1.29 is 19.1 Å². The van der Waals surface area contributed by atoms with Crippen LogP contribution in [0, 0.1) is 0 Å². The van der Waals surface area contributed by atoms with Crippen molar-refractivity contribution in [3.05, 3.63) is 162 Å². The molecule has 2 N–H and O–H groups in total. The molecular weight excluding hydrogens is 654 g/mol. The maximum absolute atomic E-state index is 13.0. The third-order valence-electron chi connectivity index (χ3n) is 8.26. The van der Waals surface area contributed by atoms with Crippen molar-refractivity contribution in [2.24, 2.45) is 0 Å². The zero-order valence-electron chi connectivity index (χ0n) is 29.4. The Labute approximate surface area is 305 Å². The van der Waals surface area contributed by atoms with Gasteiger partial charge >= 0.3 is 5.97 Å². The number of aromatic nitrogens is 3. The highest BCUT2D eigenvalue weighted by molar-refractivity contribution is 5.89. The summed E-state index contributed by atoms with van der Waals surface area (Å²) >= 11 is 0. The SMILES string of the molecule is CC(=O)NC(Cc1ccc(CN(CCN(Cc2ccccc2)Cc2ccccn2)Cc2ccccn2)nc1)C(=O)NCC(=O)OCc1ccccc1. The maximum atomic E-state index is 13.0. The number of rotatable bonds is 19. The van der Waals surface area contributed by atoms with Gasteiger partial charge in [-0.25, -0.2) is 0 Å². The van der Waals surface area contributed by atoms with E-state index in [4.69, 9.17) is 9.72 Å². The van der Waals surface area contributed by atoms with Gasteiger partial charge in [-0.15, -0.1) is 0 Å². The minimum atomic E-state index is -0.887. The quantitative estimate of drug-likeness (QED) is 0.120. The molecule has 11 heteroatoms. The molecule has 0 fully saturated rings. The van der Waals surface area contributed by atoms with E-state index in [9.17, 15) is 14.4 Å². The van der Waals surface area contributed by atoms with Crippen LogP contribution < -0.4 is 10.6 Å². The standard InChI is InChI=1S/C41H45N7O4/c1-32(49)46-39(41(51)45-26-40(50)52-31-34-14-6-3-7-15-34)24-35-18-19-38(44-25-35)30-48(29-37-17-9-11-21-43-37)23-22-47(27-33-12-4-2-5-13-33)28-36-16-8-10-20-42-36/h2-21,25,39H,22-24,26-31H2,1H3,(H,45,51)(H,46,49). The van der Waals surface area contributed by atoms with Crippen LogP contribution in [0.15, 0.2) is 128 Å². The first-order valence-electron chi connectivity index (χ1n) is 17.4. The van der Waals surface area contributed by atoms with E-state index >= 15 is 0 Å². The molecule has 3 heterocycles. The highest BCUT2D eigenvalue weighted by Gasteiger charge is 2.21. The summed E-state index contributed by atoms with van der Waals surface area (Å²) < 4.78 is 5.26. The number of amides is 2. The van der Waals surface area contributed by atoms with Crippen LogP contribution in [0.3, 0.4) is 0 Å². The Bertz CT molecular complexity index is 1770. The monoisotopic (exact) mass is 699 g/mol. The Balaban J connectivity index is 1.20. The van der Waals surface area contributed by atoms with Gasteiger partial charge in [0.15, 0.2) is 0 Å². The fourth-order valence-corrected chi connectivity index (χ4v) is 5.65. The third-order valence-corrected chi connectivity index (χ3v) is 8.26. The van der Waals surface area contributed by atoms with E-state index in [2.05, 4.69) is 60.7 Å². The van der Waals surface area contributed by atoms with Gasteiger partial charge in [0.25, 0.3) is 0 Å². The predicted octanol–water partition coefficient (Wildman–Crippen LogP) is 4.48. The number of ether oxygens (including phenoxy) is 1. The fraction of sp³-hybridized carbons (Fsp3) is 0.268. The average Bonchev–Trinajstić information content (AvgIpc) is 3.17. The largest absolute Gasteiger partial charge is 0.460 e. The van der Waals surface area contributed by atoms with Gasteiger partial charge in [0.05, 0.1) is 17.1 Å². The molecule has 2 aromatic carbocycles. The average molecular weight is 700 g/mol. The van der Waals surface area contributed by atoms with Crippen LogP contribution in [0.5, 0.6) is 0 Å². The summed E-state index contributed by atoms with van der Waals surface area (Å²) in [6, 6.07) is 34.6. The van der Waals surface area contributed by atoms with Gasteiger partial charge in [-0.3, -0.25) is 39.1 Å². The number of nitrogens with zero attached hydrogens (tertiary/aromatic N) is 5. The Morgan fingerprint density at radius 2 is 1.19 bits per heavy atom. The molecule has 0 radical (unpaired) electrons. The molecule has 1 atom stereocenters. The predicted molar refractivity (Wildman–Crippen MR) is 198 cm³/mol. The lowest BCUT2D eigenvalue weighted by atomic mass is 10.1. The first-order chi connectivity index (χ1) is 25.4. The van der Waals surface area contributed by atoms with Crippen molar-refractivity contribution in [2.45, 2.75) is 52.2 Å². The molecule has 1 unspecified atom stereocenters. The van der Waals surface area contributed by atoms with Crippen molar-refractivity contribution >= 4 is 17.8 Å². The van der Waals surface area contributed by atoms with E-state index in [1.165, 1.54) is 12.5 Å². The van der Waals surface area contributed by atoms with Gasteiger partial charge in [0.2, 0.25) is 11.8 Å². The lowest BCUT2D eigenvalue weighted by Gasteiger charge is -2.27. The lowest BCUT2D eigenvalue weighted by Crippen LogP contribution is -2.48. The van der Waals surface area contributed by atoms with E-state index in [1.54, 1.807) is 12.4 Å². The van der Waals surface area contributed by atoms with E-state index in [0.29, 0.717) is 13.1 Å². The molecule has 0 spiro atoms. The molecule has 0 bridgehead atoms. The van der Waals surface area contributed by atoms with Crippen molar-refractivity contribution in [1.82, 2.24) is 35.4 Å². The first-order valence-corrected chi connectivity index (χ1v) is 17.4. The highest BCUT2D eigenvalue weighted by atomic mass is 16.5. The number of hydrogen-bond donors (Lipinski definition) is 2. The number of benzene rings is 2. The summed E-state index contributed by atoms with van der Waals surface area (Å²) in [5, 5.41) is 5.28. The second-order valence-electron chi connectivity index (χ2n) is 12.5. The molecule has 5 rings (SSSR count). The number of carbonyl (C=O) groups is 3. The third kappa shape index (κ3) is 13.2. The maximum Gasteiger partial charge on any atom is 0.325 e. The molecule has 0 aliphatic heterocycles. The zero-order valence-corrected chi connectivity index (χ0v) is 29.4. The molecule has 2 amide bonds. The summed E-state index contributed by atoms with van der Waals surface area (Å²) in [4.78, 5) is 55.9. The molecule has 3 aromatic heterocycles. The van der Waals surface area contributed by atoms with E-state index in [1.807, 2.05) is 85.1 Å². The summed E-state index contributed by atoms with van der Waals surface area (Å²) in [6.45, 7) is 5.45. The van der Waals surface area contributed by atoms with E-state index in [0.717, 1.165) is 54.4 Å². The van der Waals surface area contributed by atoms with Gasteiger partial charge in [-0.1, -0.05) is 78.9 Å². The van der Waals surface area contributed by atoms with Gasteiger partial charge in [-0.2, -0.15) is 0 Å². The van der Waals surface area contributed by atoms with Gasteiger partial charge in [-0.05, 0) is 47.0 Å². The lowest BCUT2D eigenvalue weighted by molar-refractivity contribution is -0.145. The number of esters is 1. The summed E-state index contributed by atoms with van der Waals surface area (Å²) in [7, 11) is 0. The van der Waals surface area contributed by atoms with Crippen LogP contribution in [0.1, 0.15) is 40.7 Å². The van der Waals surface area contributed by atoms with Crippen molar-refractivity contribution in [1.29, 1.82) is 0 Å². The van der Waals surface area contributed by atoms with Crippen LogP contribution in [0.4, 0.5) is 0 Å². The Morgan fingerprint density at radius 1 is 0.635 bits per heavy atom. The molecule has 11 nitrogen and oxygen atoms in total. The fourth-order valence-electron chi connectivity index (χ4n) is 5.65. The minimum absolute atomic E-state index is 0.110. The number of hydrogen-bond acceptors (Lipinski definition) is 9. The second-order valence-corrected chi connectivity index (χ2v) is 12.5. The van der Waals surface area contributed by atoms with Crippen LogP contribution in [0.2, 0.25) is 0 Å². The molecule has 0 saturated carbocycles. The van der Waals surface area contributed by atoms with Crippen LogP contribution in [0.25, 0.3) is 0 Å². The Hall–Kier alpha value is -5.78. The topological polar surface area (TPSA) is 130 Å². The van der Waals surface area contributed by atoms with E-state index in [-0.39, 0.29) is 25.5 Å². The van der Waals surface area contributed by atoms with Gasteiger partial charge in [0.1, 0.15) is 19.2 Å². The zero-order chi connectivity index (χ0) is 36.4. The van der Waals surface area contributed by atoms with Crippen LogP contribution in [-0.4, -0.2) is 68.2 Å². The smallest absolute Gasteiger partial charge is 0.325 e.